The fourth-order valence-electron chi connectivity index (χ4n) is 1.70. The van der Waals surface area contributed by atoms with Crippen molar-refractivity contribution >= 4 is 11.8 Å². The number of aryl methyl sites for hydroxylation is 1. The Morgan fingerprint density at radius 2 is 2.00 bits per heavy atom. The first kappa shape index (κ1) is 14.4. The number of nitrogens with one attached hydrogen (secondary N) is 1. The van der Waals surface area contributed by atoms with E-state index in [1.165, 1.54) is 23.5 Å². The van der Waals surface area contributed by atoms with Gasteiger partial charge in [0.05, 0.1) is 7.11 Å². The predicted molar refractivity (Wildman–Crippen MR) is 77.2 cm³/mol. The van der Waals surface area contributed by atoms with Crippen LogP contribution in [0.4, 0.5) is 0 Å². The van der Waals surface area contributed by atoms with E-state index in [1.807, 2.05) is 23.9 Å². The van der Waals surface area contributed by atoms with Crippen LogP contribution >= 0.6 is 11.8 Å². The Morgan fingerprint density at radius 3 is 2.53 bits per heavy atom. The molecule has 1 N–H and O–H groups in total. The van der Waals surface area contributed by atoms with Crippen LogP contribution in [0, 0.1) is 0 Å². The summed E-state index contributed by atoms with van der Waals surface area (Å²) in [4.78, 5) is 0. The molecule has 17 heavy (non-hydrogen) atoms. The number of ether oxygens (including phenoxy) is 1. The Labute approximate surface area is 109 Å². The molecule has 3 heteroatoms. The van der Waals surface area contributed by atoms with E-state index in [4.69, 9.17) is 4.74 Å². The third kappa shape index (κ3) is 5.46. The topological polar surface area (TPSA) is 21.3 Å². The Hall–Kier alpha value is -0.670. The highest BCUT2D eigenvalue weighted by atomic mass is 32.2. The van der Waals surface area contributed by atoms with Gasteiger partial charge in [0.1, 0.15) is 5.75 Å². The summed E-state index contributed by atoms with van der Waals surface area (Å²) in [7, 11) is 3.75. The second-order valence-electron chi connectivity index (χ2n) is 4.03. The number of hydrogen-bond donors (Lipinski definition) is 1. The van der Waals surface area contributed by atoms with Crippen LogP contribution in [-0.4, -0.2) is 31.7 Å². The summed E-state index contributed by atoms with van der Waals surface area (Å²) < 4.78 is 5.15. The van der Waals surface area contributed by atoms with Gasteiger partial charge in [-0.3, -0.25) is 0 Å². The van der Waals surface area contributed by atoms with Crippen LogP contribution in [0.5, 0.6) is 5.75 Å². The lowest BCUT2D eigenvalue weighted by Crippen LogP contribution is -2.28. The van der Waals surface area contributed by atoms with Crippen LogP contribution in [0.25, 0.3) is 0 Å². The highest BCUT2D eigenvalue weighted by molar-refractivity contribution is 7.99. The molecule has 2 nitrogen and oxygen atoms in total. The molecule has 0 aliphatic rings. The van der Waals surface area contributed by atoms with E-state index < -0.39 is 0 Å². The number of rotatable bonds is 8. The molecule has 1 unspecified atom stereocenters. The van der Waals surface area contributed by atoms with Crippen molar-refractivity contribution in [2.75, 3.05) is 25.7 Å². The maximum absolute atomic E-state index is 5.15. The van der Waals surface area contributed by atoms with E-state index >= 15 is 0 Å². The summed E-state index contributed by atoms with van der Waals surface area (Å²) in [6.45, 7) is 2.21. The molecule has 0 radical (unpaired) electrons. The highest BCUT2D eigenvalue weighted by Gasteiger charge is 2.05. The second kappa shape index (κ2) is 8.43. The molecule has 0 saturated carbocycles. The Bertz CT molecular complexity index is 300. The summed E-state index contributed by atoms with van der Waals surface area (Å²) in [5, 5.41) is 3.38. The summed E-state index contributed by atoms with van der Waals surface area (Å²) in [6.07, 6.45) is 2.32. The van der Waals surface area contributed by atoms with Gasteiger partial charge in [0.25, 0.3) is 0 Å². The zero-order chi connectivity index (χ0) is 12.5. The maximum atomic E-state index is 5.15. The molecule has 0 heterocycles. The van der Waals surface area contributed by atoms with Crippen molar-refractivity contribution in [3.05, 3.63) is 29.8 Å². The summed E-state index contributed by atoms with van der Waals surface area (Å²) in [5.74, 6) is 3.32. The number of hydrogen-bond acceptors (Lipinski definition) is 3. The molecule has 96 valence electrons. The monoisotopic (exact) mass is 253 g/mol. The van der Waals surface area contributed by atoms with Gasteiger partial charge in [-0.05, 0) is 43.3 Å². The van der Waals surface area contributed by atoms with E-state index in [2.05, 4.69) is 31.4 Å². The lowest BCUT2D eigenvalue weighted by atomic mass is 10.1. The molecule has 0 aliphatic carbocycles. The van der Waals surface area contributed by atoms with Gasteiger partial charge in [-0.15, -0.1) is 0 Å². The second-order valence-corrected chi connectivity index (χ2v) is 5.35. The van der Waals surface area contributed by atoms with Crippen LogP contribution in [-0.2, 0) is 6.42 Å². The first-order valence-electron chi connectivity index (χ1n) is 6.18. The van der Waals surface area contributed by atoms with Gasteiger partial charge in [-0.25, -0.2) is 0 Å². The fraction of sp³-hybridized carbons (Fsp3) is 0.571. The third-order valence-corrected chi connectivity index (χ3v) is 3.92. The van der Waals surface area contributed by atoms with Crippen molar-refractivity contribution in [2.24, 2.45) is 0 Å². The SMILES string of the molecule is CCSCC(CCc1ccc(OC)cc1)NC. The van der Waals surface area contributed by atoms with Gasteiger partial charge < -0.3 is 10.1 Å². The molecule has 1 aromatic rings. The van der Waals surface area contributed by atoms with Crippen molar-refractivity contribution in [1.82, 2.24) is 5.32 Å². The van der Waals surface area contributed by atoms with Crippen molar-refractivity contribution in [3.8, 4) is 5.75 Å². The summed E-state index contributed by atoms with van der Waals surface area (Å²) in [5.41, 5.74) is 1.38. The first-order chi connectivity index (χ1) is 8.30. The average molecular weight is 253 g/mol. The van der Waals surface area contributed by atoms with Gasteiger partial charge in [-0.1, -0.05) is 19.1 Å². The van der Waals surface area contributed by atoms with Crippen molar-refractivity contribution < 1.29 is 4.74 Å². The zero-order valence-electron chi connectivity index (χ0n) is 11.0. The van der Waals surface area contributed by atoms with Crippen LogP contribution in [0.1, 0.15) is 18.9 Å². The minimum absolute atomic E-state index is 0.613. The summed E-state index contributed by atoms with van der Waals surface area (Å²) in [6, 6.07) is 8.98. The normalized spacial score (nSPS) is 12.4. The molecule has 0 spiro atoms. The van der Waals surface area contributed by atoms with E-state index in [0.29, 0.717) is 6.04 Å². The van der Waals surface area contributed by atoms with E-state index in [1.54, 1.807) is 7.11 Å². The molecule has 1 aromatic carbocycles. The zero-order valence-corrected chi connectivity index (χ0v) is 11.8. The molecule has 1 rings (SSSR count). The van der Waals surface area contributed by atoms with Gasteiger partial charge in [0, 0.05) is 11.8 Å². The van der Waals surface area contributed by atoms with Crippen LogP contribution in [0.2, 0.25) is 0 Å². The first-order valence-corrected chi connectivity index (χ1v) is 7.33. The average Bonchev–Trinajstić information content (AvgIpc) is 2.39. The van der Waals surface area contributed by atoms with Crippen LogP contribution < -0.4 is 10.1 Å². The fourth-order valence-corrected chi connectivity index (χ4v) is 2.56. The molecular formula is C14H23NOS. The minimum Gasteiger partial charge on any atom is -0.497 e. The summed E-state index contributed by atoms with van der Waals surface area (Å²) >= 11 is 2.00. The number of benzene rings is 1. The standard InChI is InChI=1S/C14H23NOS/c1-4-17-11-13(15-2)8-5-12-6-9-14(16-3)10-7-12/h6-7,9-10,13,15H,4-5,8,11H2,1-3H3. The van der Waals surface area contributed by atoms with Gasteiger partial charge in [0.2, 0.25) is 0 Å². The van der Waals surface area contributed by atoms with Gasteiger partial charge >= 0.3 is 0 Å². The minimum atomic E-state index is 0.613. The van der Waals surface area contributed by atoms with E-state index in [0.717, 1.165) is 12.2 Å². The van der Waals surface area contributed by atoms with Crippen molar-refractivity contribution in [3.63, 3.8) is 0 Å². The van der Waals surface area contributed by atoms with Crippen LogP contribution in [0.15, 0.2) is 24.3 Å². The molecule has 0 aliphatic heterocycles. The molecule has 0 aromatic heterocycles. The molecule has 0 saturated heterocycles. The molecule has 0 fully saturated rings. The molecule has 1 atom stereocenters. The Balaban J connectivity index is 2.36. The smallest absolute Gasteiger partial charge is 0.118 e. The lowest BCUT2D eigenvalue weighted by Gasteiger charge is -2.15. The molecular weight excluding hydrogens is 230 g/mol. The molecule has 0 amide bonds. The lowest BCUT2D eigenvalue weighted by molar-refractivity contribution is 0.414. The van der Waals surface area contributed by atoms with Gasteiger partial charge in [-0.2, -0.15) is 11.8 Å². The number of thioether (sulfide) groups is 1. The Kier molecular flexibility index (Phi) is 7.13. The van der Waals surface area contributed by atoms with E-state index in [9.17, 15) is 0 Å². The maximum Gasteiger partial charge on any atom is 0.118 e. The third-order valence-electron chi connectivity index (χ3n) is 2.87. The largest absolute Gasteiger partial charge is 0.497 e. The highest BCUT2D eigenvalue weighted by Crippen LogP contribution is 2.14. The Morgan fingerprint density at radius 1 is 1.29 bits per heavy atom. The number of methoxy groups -OCH3 is 1. The van der Waals surface area contributed by atoms with E-state index in [-0.39, 0.29) is 0 Å². The van der Waals surface area contributed by atoms with Crippen molar-refractivity contribution in [1.29, 1.82) is 0 Å². The van der Waals surface area contributed by atoms with Crippen LogP contribution in [0.3, 0.4) is 0 Å². The quantitative estimate of drug-likeness (QED) is 0.769. The van der Waals surface area contributed by atoms with Gasteiger partial charge in [0.15, 0.2) is 0 Å². The van der Waals surface area contributed by atoms with Crippen molar-refractivity contribution in [2.45, 2.75) is 25.8 Å². The molecule has 0 bridgehead atoms. The predicted octanol–water partition coefficient (Wildman–Crippen LogP) is 2.97.